The first-order chi connectivity index (χ1) is 10.1. The molecular weight excluding hydrogens is 286 g/mol. The van der Waals surface area contributed by atoms with Crippen LogP contribution in [0.3, 0.4) is 0 Å². The standard InChI is InChI=1S/C16H23NO3S/c1-3-5-7-13(6-4-2)17-16(20)15-12(10-11-21-15)8-9-14(18)19/h8-11,13H,3-7H2,1-2H3,(H,17,20)(H,18,19)/b9-8+. The van der Waals surface area contributed by atoms with Crippen LogP contribution in [-0.2, 0) is 4.79 Å². The number of aliphatic carboxylic acids is 1. The molecule has 0 aliphatic rings. The Bertz CT molecular complexity index is 493. The quantitative estimate of drug-likeness (QED) is 0.679. The number of nitrogens with one attached hydrogen (secondary N) is 1. The van der Waals surface area contributed by atoms with Gasteiger partial charge in [0, 0.05) is 12.1 Å². The van der Waals surface area contributed by atoms with E-state index in [4.69, 9.17) is 5.11 Å². The predicted octanol–water partition coefficient (Wildman–Crippen LogP) is 3.93. The zero-order valence-corrected chi connectivity index (χ0v) is 13.4. The van der Waals surface area contributed by atoms with Gasteiger partial charge < -0.3 is 10.4 Å². The summed E-state index contributed by atoms with van der Waals surface area (Å²) in [6.45, 7) is 4.25. The maximum absolute atomic E-state index is 12.3. The second kappa shape index (κ2) is 9.34. The topological polar surface area (TPSA) is 66.4 Å². The number of hydrogen-bond acceptors (Lipinski definition) is 3. The molecule has 116 valence electrons. The van der Waals surface area contributed by atoms with Crippen molar-refractivity contribution < 1.29 is 14.7 Å². The van der Waals surface area contributed by atoms with Gasteiger partial charge in [-0.1, -0.05) is 33.1 Å². The first-order valence-corrected chi connectivity index (χ1v) is 8.25. The van der Waals surface area contributed by atoms with Crippen molar-refractivity contribution in [1.82, 2.24) is 5.32 Å². The van der Waals surface area contributed by atoms with Gasteiger partial charge in [0.05, 0.1) is 4.88 Å². The number of thiophene rings is 1. The lowest BCUT2D eigenvalue weighted by Crippen LogP contribution is -2.34. The van der Waals surface area contributed by atoms with Crippen molar-refractivity contribution in [2.45, 2.75) is 52.0 Å². The zero-order valence-electron chi connectivity index (χ0n) is 12.6. The summed E-state index contributed by atoms with van der Waals surface area (Å²) in [4.78, 5) is 23.5. The number of hydrogen-bond donors (Lipinski definition) is 2. The number of carboxylic acid groups (broad SMARTS) is 1. The molecule has 0 bridgehead atoms. The molecule has 0 aliphatic carbocycles. The van der Waals surface area contributed by atoms with Crippen LogP contribution in [0.5, 0.6) is 0 Å². The van der Waals surface area contributed by atoms with Crippen molar-refractivity contribution in [2.75, 3.05) is 0 Å². The van der Waals surface area contributed by atoms with E-state index < -0.39 is 5.97 Å². The predicted molar refractivity (Wildman–Crippen MR) is 86.7 cm³/mol. The van der Waals surface area contributed by atoms with Crippen molar-refractivity contribution in [2.24, 2.45) is 0 Å². The van der Waals surface area contributed by atoms with E-state index in [1.807, 2.05) is 0 Å². The molecule has 1 aromatic heterocycles. The second-order valence-electron chi connectivity index (χ2n) is 4.98. The van der Waals surface area contributed by atoms with E-state index in [1.165, 1.54) is 17.4 Å². The van der Waals surface area contributed by atoms with E-state index in [0.29, 0.717) is 10.4 Å². The summed E-state index contributed by atoms with van der Waals surface area (Å²) < 4.78 is 0. The van der Waals surface area contributed by atoms with E-state index in [-0.39, 0.29) is 11.9 Å². The summed E-state index contributed by atoms with van der Waals surface area (Å²) in [6.07, 6.45) is 7.72. The minimum absolute atomic E-state index is 0.107. The van der Waals surface area contributed by atoms with Crippen LogP contribution >= 0.6 is 11.3 Å². The molecule has 0 saturated heterocycles. The van der Waals surface area contributed by atoms with Gasteiger partial charge in [0.1, 0.15) is 0 Å². The molecule has 0 radical (unpaired) electrons. The molecule has 0 spiro atoms. The van der Waals surface area contributed by atoms with Gasteiger partial charge in [0.25, 0.3) is 5.91 Å². The fraction of sp³-hybridized carbons (Fsp3) is 0.500. The normalized spacial score (nSPS) is 12.5. The number of carboxylic acids is 1. The largest absolute Gasteiger partial charge is 0.478 e. The Morgan fingerprint density at radius 3 is 2.71 bits per heavy atom. The van der Waals surface area contributed by atoms with Crippen LogP contribution in [0.25, 0.3) is 6.08 Å². The fourth-order valence-corrected chi connectivity index (χ4v) is 2.92. The summed E-state index contributed by atoms with van der Waals surface area (Å²) >= 11 is 1.34. The SMILES string of the molecule is CCCCC(CCC)NC(=O)c1sccc1/C=C/C(=O)O. The van der Waals surface area contributed by atoms with Crippen LogP contribution in [0.4, 0.5) is 0 Å². The third-order valence-electron chi connectivity index (χ3n) is 3.19. The lowest BCUT2D eigenvalue weighted by molar-refractivity contribution is -0.131. The Balaban J connectivity index is 2.73. The van der Waals surface area contributed by atoms with Crippen molar-refractivity contribution in [3.05, 3.63) is 28.0 Å². The van der Waals surface area contributed by atoms with Gasteiger partial charge in [0.2, 0.25) is 0 Å². The first-order valence-electron chi connectivity index (χ1n) is 7.37. The third-order valence-corrected chi connectivity index (χ3v) is 4.11. The van der Waals surface area contributed by atoms with E-state index in [9.17, 15) is 9.59 Å². The minimum Gasteiger partial charge on any atom is -0.478 e. The molecule has 2 N–H and O–H groups in total. The average molecular weight is 309 g/mol. The number of carbonyl (C=O) groups is 2. The Morgan fingerprint density at radius 1 is 1.33 bits per heavy atom. The smallest absolute Gasteiger partial charge is 0.328 e. The molecule has 0 aliphatic heterocycles. The highest BCUT2D eigenvalue weighted by Crippen LogP contribution is 2.19. The van der Waals surface area contributed by atoms with Crippen LogP contribution < -0.4 is 5.32 Å². The highest BCUT2D eigenvalue weighted by molar-refractivity contribution is 7.12. The van der Waals surface area contributed by atoms with Crippen molar-refractivity contribution in [1.29, 1.82) is 0 Å². The number of carbonyl (C=O) groups excluding carboxylic acids is 1. The third kappa shape index (κ3) is 6.12. The van der Waals surface area contributed by atoms with Crippen molar-refractivity contribution in [3.8, 4) is 0 Å². The van der Waals surface area contributed by atoms with Crippen LogP contribution in [0, 0.1) is 0 Å². The van der Waals surface area contributed by atoms with Crippen LogP contribution in [0.1, 0.15) is 61.2 Å². The first kappa shape index (κ1) is 17.4. The Labute approximate surface area is 129 Å². The maximum atomic E-state index is 12.3. The molecule has 1 atom stereocenters. The summed E-state index contributed by atoms with van der Waals surface area (Å²) in [6, 6.07) is 1.96. The Kier molecular flexibility index (Phi) is 7.75. The van der Waals surface area contributed by atoms with Crippen molar-refractivity contribution >= 4 is 29.3 Å². The number of rotatable bonds is 9. The molecule has 0 fully saturated rings. The molecule has 1 rings (SSSR count). The molecule has 1 amide bonds. The van der Waals surface area contributed by atoms with Gasteiger partial charge in [-0.25, -0.2) is 4.79 Å². The Morgan fingerprint density at radius 2 is 2.10 bits per heavy atom. The average Bonchev–Trinajstić information content (AvgIpc) is 2.91. The molecule has 0 aromatic carbocycles. The van der Waals surface area contributed by atoms with Crippen LogP contribution in [-0.4, -0.2) is 23.0 Å². The molecule has 1 heterocycles. The fourth-order valence-electron chi connectivity index (χ4n) is 2.13. The molecule has 21 heavy (non-hydrogen) atoms. The van der Waals surface area contributed by atoms with E-state index in [1.54, 1.807) is 11.4 Å². The van der Waals surface area contributed by atoms with Gasteiger partial charge in [0.15, 0.2) is 0 Å². The monoisotopic (exact) mass is 309 g/mol. The molecule has 5 heteroatoms. The minimum atomic E-state index is -1.01. The summed E-state index contributed by atoms with van der Waals surface area (Å²) in [5.74, 6) is -1.12. The van der Waals surface area contributed by atoms with Crippen LogP contribution in [0.15, 0.2) is 17.5 Å². The lowest BCUT2D eigenvalue weighted by Gasteiger charge is -2.17. The number of unbranched alkanes of at least 4 members (excludes halogenated alkanes) is 1. The van der Waals surface area contributed by atoms with Gasteiger partial charge in [-0.15, -0.1) is 11.3 Å². The highest BCUT2D eigenvalue weighted by atomic mass is 32.1. The molecule has 0 saturated carbocycles. The summed E-state index contributed by atoms with van der Waals surface area (Å²) in [5, 5.41) is 13.5. The van der Waals surface area contributed by atoms with E-state index in [0.717, 1.165) is 38.2 Å². The van der Waals surface area contributed by atoms with Crippen molar-refractivity contribution in [3.63, 3.8) is 0 Å². The lowest BCUT2D eigenvalue weighted by atomic mass is 10.0. The van der Waals surface area contributed by atoms with Gasteiger partial charge in [-0.2, -0.15) is 0 Å². The molecule has 4 nitrogen and oxygen atoms in total. The summed E-state index contributed by atoms with van der Waals surface area (Å²) in [5.41, 5.74) is 0.658. The maximum Gasteiger partial charge on any atom is 0.328 e. The van der Waals surface area contributed by atoms with Gasteiger partial charge in [-0.3, -0.25) is 4.79 Å². The van der Waals surface area contributed by atoms with Crippen LogP contribution in [0.2, 0.25) is 0 Å². The second-order valence-corrected chi connectivity index (χ2v) is 5.89. The Hall–Kier alpha value is -1.62. The summed E-state index contributed by atoms with van der Waals surface area (Å²) in [7, 11) is 0. The molecule has 1 unspecified atom stereocenters. The number of amides is 1. The molecule has 1 aromatic rings. The molecular formula is C16H23NO3S. The van der Waals surface area contributed by atoms with E-state index in [2.05, 4.69) is 19.2 Å². The van der Waals surface area contributed by atoms with Gasteiger partial charge in [-0.05, 0) is 35.9 Å². The van der Waals surface area contributed by atoms with Gasteiger partial charge >= 0.3 is 5.97 Å². The van der Waals surface area contributed by atoms with E-state index >= 15 is 0 Å². The highest BCUT2D eigenvalue weighted by Gasteiger charge is 2.16. The zero-order chi connectivity index (χ0) is 15.7.